The van der Waals surface area contributed by atoms with E-state index in [9.17, 15) is 4.79 Å². The summed E-state index contributed by atoms with van der Waals surface area (Å²) in [6.45, 7) is 7.33. The number of carboxylic acids is 1. The summed E-state index contributed by atoms with van der Waals surface area (Å²) in [5.74, 6) is -0.820. The van der Waals surface area contributed by atoms with Crippen LogP contribution in [0.4, 0.5) is 5.69 Å². The normalized spacial score (nSPS) is 14.1. The molecule has 1 rings (SSSR count). The van der Waals surface area contributed by atoms with Crippen LogP contribution in [-0.2, 0) is 4.79 Å². The van der Waals surface area contributed by atoms with Crippen LogP contribution in [0.25, 0.3) is 0 Å². The second-order valence-corrected chi connectivity index (χ2v) is 4.58. The average Bonchev–Trinajstić information content (AvgIpc) is 2.29. The van der Waals surface area contributed by atoms with E-state index in [1.54, 1.807) is 19.2 Å². The van der Waals surface area contributed by atoms with Crippen LogP contribution in [0.5, 0.6) is 5.88 Å². The van der Waals surface area contributed by atoms with Crippen molar-refractivity contribution >= 4 is 11.7 Å². The smallest absolute Gasteiger partial charge is 0.308 e. The van der Waals surface area contributed by atoms with Gasteiger partial charge in [0, 0.05) is 12.2 Å². The molecule has 0 radical (unpaired) electrons. The van der Waals surface area contributed by atoms with Gasteiger partial charge in [-0.1, -0.05) is 0 Å². The van der Waals surface area contributed by atoms with Gasteiger partial charge >= 0.3 is 5.97 Å². The largest absolute Gasteiger partial charge is 0.481 e. The van der Waals surface area contributed by atoms with Crippen molar-refractivity contribution in [3.63, 3.8) is 0 Å². The fraction of sp³-hybridized carbons (Fsp3) is 0.538. The Morgan fingerprint density at radius 1 is 1.39 bits per heavy atom. The van der Waals surface area contributed by atoms with Crippen LogP contribution in [0.3, 0.4) is 0 Å². The molecule has 0 aromatic carbocycles. The van der Waals surface area contributed by atoms with Crippen molar-refractivity contribution in [3.8, 4) is 5.88 Å². The lowest BCUT2D eigenvalue weighted by molar-refractivity contribution is -0.141. The minimum atomic E-state index is -0.829. The molecule has 2 unspecified atom stereocenters. The number of anilines is 1. The second kappa shape index (κ2) is 6.23. The minimum Gasteiger partial charge on any atom is -0.481 e. The molecule has 1 aromatic rings. The van der Waals surface area contributed by atoms with Crippen LogP contribution < -0.4 is 10.1 Å². The van der Waals surface area contributed by atoms with E-state index in [4.69, 9.17) is 9.84 Å². The van der Waals surface area contributed by atoms with Crippen molar-refractivity contribution in [1.82, 2.24) is 4.98 Å². The molecule has 100 valence electrons. The van der Waals surface area contributed by atoms with E-state index in [0.717, 1.165) is 0 Å². The Balaban J connectivity index is 2.80. The van der Waals surface area contributed by atoms with Gasteiger partial charge in [-0.2, -0.15) is 0 Å². The van der Waals surface area contributed by atoms with Gasteiger partial charge in [0.25, 0.3) is 0 Å². The maximum absolute atomic E-state index is 10.9. The summed E-state index contributed by atoms with van der Waals surface area (Å²) in [6, 6.07) is 3.41. The molecule has 2 atom stereocenters. The van der Waals surface area contributed by atoms with Gasteiger partial charge in [-0.05, 0) is 39.8 Å². The first-order valence-electron chi connectivity index (χ1n) is 6.02. The molecule has 0 fully saturated rings. The van der Waals surface area contributed by atoms with Gasteiger partial charge in [-0.25, -0.2) is 4.98 Å². The second-order valence-electron chi connectivity index (χ2n) is 4.58. The van der Waals surface area contributed by atoms with Crippen molar-refractivity contribution in [2.75, 3.05) is 5.32 Å². The summed E-state index contributed by atoms with van der Waals surface area (Å²) < 4.78 is 5.57. The Kier molecular flexibility index (Phi) is 4.95. The fourth-order valence-electron chi connectivity index (χ4n) is 1.40. The van der Waals surface area contributed by atoms with Crippen LogP contribution in [0.1, 0.15) is 27.7 Å². The number of ether oxygens (including phenoxy) is 1. The highest BCUT2D eigenvalue weighted by Gasteiger charge is 2.20. The Hall–Kier alpha value is -1.78. The predicted octanol–water partition coefficient (Wildman–Crippen LogP) is 2.39. The molecular formula is C13H20N2O3. The number of hydrogen-bond donors (Lipinski definition) is 2. The third-order valence-electron chi connectivity index (χ3n) is 2.64. The summed E-state index contributed by atoms with van der Waals surface area (Å²) in [5.41, 5.74) is 0.715. The molecule has 5 heteroatoms. The van der Waals surface area contributed by atoms with E-state index in [0.29, 0.717) is 11.6 Å². The zero-order chi connectivity index (χ0) is 13.7. The fourth-order valence-corrected chi connectivity index (χ4v) is 1.40. The summed E-state index contributed by atoms with van der Waals surface area (Å²) in [4.78, 5) is 15.1. The van der Waals surface area contributed by atoms with E-state index < -0.39 is 11.9 Å². The lowest BCUT2D eigenvalue weighted by atomic mass is 10.0. The van der Waals surface area contributed by atoms with Crippen LogP contribution >= 0.6 is 0 Å². The molecule has 1 heterocycles. The average molecular weight is 252 g/mol. The van der Waals surface area contributed by atoms with Gasteiger partial charge in [0.1, 0.15) is 0 Å². The number of hydrogen-bond acceptors (Lipinski definition) is 4. The number of carbonyl (C=O) groups is 1. The highest BCUT2D eigenvalue weighted by Crippen LogP contribution is 2.23. The molecule has 18 heavy (non-hydrogen) atoms. The number of nitrogens with zero attached hydrogens (tertiary/aromatic N) is 1. The van der Waals surface area contributed by atoms with E-state index in [-0.39, 0.29) is 12.1 Å². The van der Waals surface area contributed by atoms with Crippen LogP contribution in [0.15, 0.2) is 18.3 Å². The van der Waals surface area contributed by atoms with Crippen molar-refractivity contribution in [2.45, 2.75) is 39.8 Å². The van der Waals surface area contributed by atoms with E-state index in [1.807, 2.05) is 26.8 Å². The lowest BCUT2D eigenvalue weighted by Crippen LogP contribution is -2.30. The molecular weight excluding hydrogens is 232 g/mol. The molecule has 0 bridgehead atoms. The Labute approximate surface area is 107 Å². The number of nitrogens with one attached hydrogen (secondary N) is 1. The van der Waals surface area contributed by atoms with Gasteiger partial charge < -0.3 is 15.2 Å². The molecule has 0 aliphatic rings. The quantitative estimate of drug-likeness (QED) is 0.813. The molecule has 0 aliphatic carbocycles. The molecule has 1 aromatic heterocycles. The van der Waals surface area contributed by atoms with Gasteiger partial charge in [0.15, 0.2) is 0 Å². The van der Waals surface area contributed by atoms with Gasteiger partial charge in [0.2, 0.25) is 5.88 Å². The molecule has 2 N–H and O–H groups in total. The molecule has 0 amide bonds. The number of carboxylic acid groups (broad SMARTS) is 1. The first kappa shape index (κ1) is 14.3. The van der Waals surface area contributed by atoms with Gasteiger partial charge in [-0.3, -0.25) is 4.79 Å². The summed E-state index contributed by atoms with van der Waals surface area (Å²) in [7, 11) is 0. The Bertz CT molecular complexity index is 407. The summed E-state index contributed by atoms with van der Waals surface area (Å²) in [6.07, 6.45) is 1.67. The van der Waals surface area contributed by atoms with Crippen LogP contribution in [0.2, 0.25) is 0 Å². The Morgan fingerprint density at radius 3 is 2.61 bits per heavy atom. The van der Waals surface area contributed by atoms with Gasteiger partial charge in [-0.15, -0.1) is 0 Å². The SMILES string of the molecule is CC(C)Oc1ncccc1NC(C)C(C)C(=O)O. The lowest BCUT2D eigenvalue weighted by Gasteiger charge is -2.21. The standard InChI is InChI=1S/C13H20N2O3/c1-8(2)18-12-11(6-5-7-14-12)15-10(4)9(3)13(16)17/h5-10,15H,1-4H3,(H,16,17). The highest BCUT2D eigenvalue weighted by atomic mass is 16.5. The zero-order valence-corrected chi connectivity index (χ0v) is 11.2. The first-order chi connectivity index (χ1) is 8.41. The van der Waals surface area contributed by atoms with E-state index in [2.05, 4.69) is 10.3 Å². The molecule has 0 spiro atoms. The number of aliphatic carboxylic acids is 1. The molecule has 0 saturated carbocycles. The van der Waals surface area contributed by atoms with Gasteiger partial charge in [0.05, 0.1) is 17.7 Å². The third kappa shape index (κ3) is 3.91. The molecule has 5 nitrogen and oxygen atoms in total. The third-order valence-corrected chi connectivity index (χ3v) is 2.64. The maximum atomic E-state index is 10.9. The zero-order valence-electron chi connectivity index (χ0n) is 11.2. The van der Waals surface area contributed by atoms with Crippen LogP contribution in [0, 0.1) is 5.92 Å². The van der Waals surface area contributed by atoms with E-state index >= 15 is 0 Å². The van der Waals surface area contributed by atoms with E-state index in [1.165, 1.54) is 0 Å². The summed E-state index contributed by atoms with van der Waals surface area (Å²) >= 11 is 0. The summed E-state index contributed by atoms with van der Waals surface area (Å²) in [5, 5.41) is 12.1. The predicted molar refractivity (Wildman–Crippen MR) is 69.9 cm³/mol. The van der Waals surface area contributed by atoms with Crippen molar-refractivity contribution in [2.24, 2.45) is 5.92 Å². The first-order valence-corrected chi connectivity index (χ1v) is 6.02. The topological polar surface area (TPSA) is 71.5 Å². The Morgan fingerprint density at radius 2 is 2.06 bits per heavy atom. The number of pyridine rings is 1. The number of aromatic nitrogens is 1. The number of rotatable bonds is 6. The van der Waals surface area contributed by atoms with Crippen LogP contribution in [-0.4, -0.2) is 28.2 Å². The van der Waals surface area contributed by atoms with Crippen molar-refractivity contribution in [1.29, 1.82) is 0 Å². The molecule has 0 saturated heterocycles. The van der Waals surface area contributed by atoms with Crippen molar-refractivity contribution < 1.29 is 14.6 Å². The maximum Gasteiger partial charge on any atom is 0.308 e. The highest BCUT2D eigenvalue weighted by molar-refractivity contribution is 5.71. The monoisotopic (exact) mass is 252 g/mol. The molecule has 0 aliphatic heterocycles. The van der Waals surface area contributed by atoms with Crippen molar-refractivity contribution in [3.05, 3.63) is 18.3 Å². The minimum absolute atomic E-state index is 0.0210.